The number of esters is 1. The summed E-state index contributed by atoms with van der Waals surface area (Å²) in [6.45, 7) is 12.6. The molecule has 0 radical (unpaired) electrons. The zero-order chi connectivity index (χ0) is 35.3. The maximum Gasteiger partial charge on any atom is 0.306 e. The summed E-state index contributed by atoms with van der Waals surface area (Å²) in [5, 5.41) is 8.17. The van der Waals surface area contributed by atoms with Crippen LogP contribution in [-0.2, 0) is 16.0 Å². The summed E-state index contributed by atoms with van der Waals surface area (Å²) in [5.41, 5.74) is 3.90. The lowest BCUT2D eigenvalue weighted by molar-refractivity contribution is -0.151. The Balaban J connectivity index is 0.822. The molecular formula is C49H64O2. The molecule has 0 amide bonds. The smallest absolute Gasteiger partial charge is 0.306 e. The Morgan fingerprint density at radius 3 is 2.35 bits per heavy atom. The first-order valence-electron chi connectivity index (χ1n) is 21.2. The van der Waals surface area contributed by atoms with E-state index in [1.54, 1.807) is 5.57 Å². The van der Waals surface area contributed by atoms with E-state index in [0.717, 1.165) is 74.0 Å². The minimum Gasteiger partial charge on any atom is -0.462 e. The molecule has 4 aliphatic rings. The van der Waals surface area contributed by atoms with Gasteiger partial charge in [0.25, 0.3) is 0 Å². The van der Waals surface area contributed by atoms with Crippen LogP contribution in [0.4, 0.5) is 0 Å². The maximum absolute atomic E-state index is 13.1. The third kappa shape index (κ3) is 6.44. The van der Waals surface area contributed by atoms with Crippen LogP contribution in [-0.4, -0.2) is 12.1 Å². The molecule has 0 bridgehead atoms. The highest BCUT2D eigenvalue weighted by Gasteiger charge is 2.59. The fourth-order valence-corrected chi connectivity index (χ4v) is 12.8. The second-order valence-corrected chi connectivity index (χ2v) is 18.8. The minimum absolute atomic E-state index is 0.0218. The van der Waals surface area contributed by atoms with E-state index in [2.05, 4.69) is 95.3 Å². The van der Waals surface area contributed by atoms with Crippen LogP contribution >= 0.6 is 0 Å². The van der Waals surface area contributed by atoms with Gasteiger partial charge in [0, 0.05) is 12.8 Å². The van der Waals surface area contributed by atoms with Crippen molar-refractivity contribution in [1.82, 2.24) is 0 Å². The standard InChI is InChI=1S/C49H64O2/c1-32(2)11-9-12-33(3)42-25-26-43-41-24-22-38-31-39(27-29-48(38,4)44(41)28-30-49(42,43)5)51-45(50)16-8-6-7-13-34-17-18-37-20-19-35-14-10-15-36-21-23-40(34)47(37)46(35)36/h10,14-15,17-23,32-33,39,41-44H,6-9,11-13,16,24-31H2,1-5H3/t33-,39?,41+,42-,43+,44+,48+,49-/m1/s1. The first kappa shape index (κ1) is 35.2. The number of unbranched alkanes of at least 4 members (excludes halogenated alkanes) is 2. The van der Waals surface area contributed by atoms with Gasteiger partial charge in [0.1, 0.15) is 6.10 Å². The van der Waals surface area contributed by atoms with E-state index in [-0.39, 0.29) is 12.1 Å². The number of allylic oxidation sites excluding steroid dienone is 1. The van der Waals surface area contributed by atoms with Crippen molar-refractivity contribution in [2.45, 2.75) is 143 Å². The van der Waals surface area contributed by atoms with E-state index in [1.807, 2.05) is 0 Å². The number of benzene rings is 4. The van der Waals surface area contributed by atoms with E-state index in [1.165, 1.54) is 95.7 Å². The number of carbonyl (C=O) groups is 1. The quantitative estimate of drug-likeness (QED) is 0.0642. The molecule has 1 unspecified atom stereocenters. The Hall–Kier alpha value is -2.87. The van der Waals surface area contributed by atoms with E-state index < -0.39 is 0 Å². The Morgan fingerprint density at radius 1 is 0.784 bits per heavy atom. The summed E-state index contributed by atoms with van der Waals surface area (Å²) in [5.74, 6) is 5.19. The molecule has 4 aromatic rings. The normalized spacial score (nSPS) is 31.1. The van der Waals surface area contributed by atoms with Gasteiger partial charge in [0.2, 0.25) is 0 Å². The van der Waals surface area contributed by atoms with Crippen LogP contribution in [0.1, 0.15) is 136 Å². The SMILES string of the molecule is CC(C)CCC[C@@H](C)[C@H]1CC[C@H]2[C@@H]3CC=C4CC(OC(=O)CCCCCc5ccc6ccc7cccc8ccc5c6c78)CC[C@]4(C)[C@H]3CC[C@]12C. The number of carbonyl (C=O) groups excluding carboxylic acids is 1. The van der Waals surface area contributed by atoms with Crippen molar-refractivity contribution in [2.75, 3.05) is 0 Å². The van der Waals surface area contributed by atoms with Crippen molar-refractivity contribution in [3.05, 3.63) is 71.8 Å². The molecule has 0 aliphatic heterocycles. The van der Waals surface area contributed by atoms with Gasteiger partial charge in [-0.15, -0.1) is 0 Å². The van der Waals surface area contributed by atoms with Crippen LogP contribution in [0, 0.1) is 46.3 Å². The van der Waals surface area contributed by atoms with Crippen LogP contribution in [0.3, 0.4) is 0 Å². The second kappa shape index (κ2) is 14.2. The van der Waals surface area contributed by atoms with Crippen molar-refractivity contribution in [2.24, 2.45) is 46.3 Å². The van der Waals surface area contributed by atoms with E-state index in [0.29, 0.717) is 17.3 Å². The van der Waals surface area contributed by atoms with Gasteiger partial charge in [0.05, 0.1) is 0 Å². The largest absolute Gasteiger partial charge is 0.462 e. The number of hydrogen-bond acceptors (Lipinski definition) is 2. The van der Waals surface area contributed by atoms with E-state index in [9.17, 15) is 4.79 Å². The van der Waals surface area contributed by atoms with Crippen molar-refractivity contribution < 1.29 is 9.53 Å². The first-order chi connectivity index (χ1) is 24.7. The Bertz CT molecular complexity index is 1870. The Labute approximate surface area is 308 Å². The number of rotatable bonds is 12. The molecule has 8 atom stereocenters. The molecule has 2 nitrogen and oxygen atoms in total. The molecule has 4 aromatic carbocycles. The lowest BCUT2D eigenvalue weighted by Gasteiger charge is -2.58. The molecule has 0 heterocycles. The first-order valence-corrected chi connectivity index (χ1v) is 21.2. The van der Waals surface area contributed by atoms with Crippen LogP contribution < -0.4 is 0 Å². The zero-order valence-electron chi connectivity index (χ0n) is 32.4. The average Bonchev–Trinajstić information content (AvgIpc) is 3.48. The number of ether oxygens (including phenoxy) is 1. The highest BCUT2D eigenvalue weighted by molar-refractivity contribution is 6.23. The van der Waals surface area contributed by atoms with Gasteiger partial charge in [-0.1, -0.05) is 127 Å². The molecule has 0 spiro atoms. The molecule has 4 aliphatic carbocycles. The third-order valence-electron chi connectivity index (χ3n) is 15.5. The van der Waals surface area contributed by atoms with Crippen LogP contribution in [0.5, 0.6) is 0 Å². The van der Waals surface area contributed by atoms with Crippen molar-refractivity contribution >= 4 is 38.3 Å². The van der Waals surface area contributed by atoms with Gasteiger partial charge in [-0.05, 0) is 148 Å². The van der Waals surface area contributed by atoms with Crippen LogP contribution in [0.15, 0.2) is 66.2 Å². The molecular weight excluding hydrogens is 621 g/mol. The lowest BCUT2D eigenvalue weighted by Crippen LogP contribution is -2.51. The second-order valence-electron chi connectivity index (χ2n) is 18.8. The Morgan fingerprint density at radius 2 is 1.55 bits per heavy atom. The number of fused-ring (bicyclic) bond motifs is 5. The number of aryl methyl sites for hydroxylation is 1. The molecule has 8 rings (SSSR count). The van der Waals surface area contributed by atoms with Crippen molar-refractivity contribution in [1.29, 1.82) is 0 Å². The summed E-state index contributed by atoms with van der Waals surface area (Å²) in [6.07, 6.45) is 21.8. The van der Waals surface area contributed by atoms with E-state index >= 15 is 0 Å². The number of hydrogen-bond donors (Lipinski definition) is 0. The van der Waals surface area contributed by atoms with Gasteiger partial charge in [-0.2, -0.15) is 0 Å². The van der Waals surface area contributed by atoms with Gasteiger partial charge >= 0.3 is 5.97 Å². The molecule has 0 aromatic heterocycles. The predicted molar refractivity (Wildman–Crippen MR) is 215 cm³/mol. The minimum atomic E-state index is 0.0218. The van der Waals surface area contributed by atoms with Crippen molar-refractivity contribution in [3.8, 4) is 0 Å². The summed E-state index contributed by atoms with van der Waals surface area (Å²) >= 11 is 0. The molecule has 3 saturated carbocycles. The molecule has 0 N–H and O–H groups in total. The van der Waals surface area contributed by atoms with Crippen LogP contribution in [0.25, 0.3) is 32.3 Å². The van der Waals surface area contributed by atoms with Gasteiger partial charge in [-0.25, -0.2) is 0 Å². The lowest BCUT2D eigenvalue weighted by atomic mass is 9.47. The maximum atomic E-state index is 13.1. The molecule has 0 saturated heterocycles. The summed E-state index contributed by atoms with van der Waals surface area (Å²) in [7, 11) is 0. The Kier molecular flexibility index (Phi) is 9.77. The van der Waals surface area contributed by atoms with Gasteiger partial charge in [-0.3, -0.25) is 4.79 Å². The van der Waals surface area contributed by atoms with E-state index in [4.69, 9.17) is 4.74 Å². The summed E-state index contributed by atoms with van der Waals surface area (Å²) in [6, 6.07) is 20.4. The highest BCUT2D eigenvalue weighted by atomic mass is 16.5. The average molecular weight is 685 g/mol. The van der Waals surface area contributed by atoms with Gasteiger partial charge in [0.15, 0.2) is 0 Å². The summed E-state index contributed by atoms with van der Waals surface area (Å²) in [4.78, 5) is 13.1. The fourth-order valence-electron chi connectivity index (χ4n) is 12.8. The fraction of sp³-hybridized carbons (Fsp3) is 0.612. The topological polar surface area (TPSA) is 26.3 Å². The predicted octanol–water partition coefficient (Wildman–Crippen LogP) is 13.6. The molecule has 2 heteroatoms. The monoisotopic (exact) mass is 684 g/mol. The molecule has 3 fully saturated rings. The third-order valence-corrected chi connectivity index (χ3v) is 15.5. The molecule has 51 heavy (non-hydrogen) atoms. The van der Waals surface area contributed by atoms with Crippen LogP contribution in [0.2, 0.25) is 0 Å². The molecule has 272 valence electrons. The summed E-state index contributed by atoms with van der Waals surface area (Å²) < 4.78 is 6.20. The van der Waals surface area contributed by atoms with Gasteiger partial charge < -0.3 is 4.74 Å². The van der Waals surface area contributed by atoms with Crippen molar-refractivity contribution in [3.63, 3.8) is 0 Å². The highest BCUT2D eigenvalue weighted by Crippen LogP contribution is 2.67. The zero-order valence-corrected chi connectivity index (χ0v) is 32.4.